The van der Waals surface area contributed by atoms with Gasteiger partial charge in [0.15, 0.2) is 0 Å². The Morgan fingerprint density at radius 1 is 1.55 bits per heavy atom. The molecule has 0 saturated heterocycles. The maximum Gasteiger partial charge on any atom is 0.265 e. The molecule has 0 aliphatic rings. The van der Waals surface area contributed by atoms with Crippen LogP contribution in [-0.4, -0.2) is 4.98 Å². The molecular weight excluding hydrogens is 331 g/mol. The fraction of sp³-hybridized carbons (Fsp3) is 0.167. The largest absolute Gasteiger partial charge is 0.265 e. The van der Waals surface area contributed by atoms with Gasteiger partial charge in [0, 0.05) is 15.3 Å². The van der Waals surface area contributed by atoms with Crippen molar-refractivity contribution in [2.45, 2.75) is 6.43 Å². The Hall–Kier alpha value is 0.220. The van der Waals surface area contributed by atoms with Gasteiger partial charge in [-0.3, -0.25) is 0 Å². The molecular formula is C6H3BrF2IN. The van der Waals surface area contributed by atoms with Crippen molar-refractivity contribution in [1.29, 1.82) is 0 Å². The average molecular weight is 334 g/mol. The molecule has 0 N–H and O–H groups in total. The summed E-state index contributed by atoms with van der Waals surface area (Å²) in [4.78, 5) is 3.80. The average Bonchev–Trinajstić information content (AvgIpc) is 1.94. The summed E-state index contributed by atoms with van der Waals surface area (Å²) in [5, 5.41) is 0. The second kappa shape index (κ2) is 3.75. The third-order valence-electron chi connectivity index (χ3n) is 1.09. The van der Waals surface area contributed by atoms with Crippen LogP contribution >= 0.6 is 38.5 Å². The minimum Gasteiger partial charge on any atom is -0.248 e. The van der Waals surface area contributed by atoms with Crippen molar-refractivity contribution in [1.82, 2.24) is 4.98 Å². The van der Waals surface area contributed by atoms with Crippen molar-refractivity contribution >= 4 is 38.5 Å². The Morgan fingerprint density at radius 3 is 2.64 bits per heavy atom. The number of pyridine rings is 1. The van der Waals surface area contributed by atoms with Crippen LogP contribution in [0.5, 0.6) is 0 Å². The highest BCUT2D eigenvalue weighted by Crippen LogP contribution is 2.25. The molecule has 5 heteroatoms. The van der Waals surface area contributed by atoms with Crippen LogP contribution in [-0.2, 0) is 0 Å². The molecule has 0 saturated carbocycles. The van der Waals surface area contributed by atoms with E-state index in [1.807, 2.05) is 22.6 Å². The van der Waals surface area contributed by atoms with E-state index in [9.17, 15) is 8.78 Å². The number of aromatic nitrogens is 1. The molecule has 0 atom stereocenters. The quantitative estimate of drug-likeness (QED) is 0.567. The molecule has 0 aromatic carbocycles. The van der Waals surface area contributed by atoms with E-state index in [2.05, 4.69) is 20.9 Å². The molecule has 0 aliphatic heterocycles. The molecule has 60 valence electrons. The lowest BCUT2D eigenvalue weighted by molar-refractivity contribution is 0.150. The molecule has 1 aromatic heterocycles. The first kappa shape index (κ1) is 9.31. The number of halogens is 4. The van der Waals surface area contributed by atoms with Gasteiger partial charge in [0.2, 0.25) is 0 Å². The number of hydrogen-bond acceptors (Lipinski definition) is 1. The highest BCUT2D eigenvalue weighted by molar-refractivity contribution is 14.1. The molecule has 1 rings (SSSR count). The van der Waals surface area contributed by atoms with Gasteiger partial charge in [0.1, 0.15) is 4.60 Å². The summed E-state index contributed by atoms with van der Waals surface area (Å²) in [5.74, 6) is 0. The Kier molecular flexibility index (Phi) is 3.17. The van der Waals surface area contributed by atoms with Gasteiger partial charge in [-0.05, 0) is 44.6 Å². The molecule has 0 spiro atoms. The Bertz CT molecular complexity index is 267. The van der Waals surface area contributed by atoms with Crippen molar-refractivity contribution < 1.29 is 8.78 Å². The van der Waals surface area contributed by atoms with E-state index in [1.165, 1.54) is 12.3 Å². The number of rotatable bonds is 1. The smallest absolute Gasteiger partial charge is 0.248 e. The molecule has 1 aromatic rings. The fourth-order valence-electron chi connectivity index (χ4n) is 0.595. The zero-order chi connectivity index (χ0) is 8.43. The minimum atomic E-state index is -2.43. The number of hydrogen-bond donors (Lipinski definition) is 0. The minimum absolute atomic E-state index is 0.0208. The number of alkyl halides is 2. The summed E-state index contributed by atoms with van der Waals surface area (Å²) in [7, 11) is 0. The highest BCUT2D eigenvalue weighted by atomic mass is 127. The maximum absolute atomic E-state index is 12.2. The zero-order valence-electron chi connectivity index (χ0n) is 5.19. The summed E-state index contributed by atoms with van der Waals surface area (Å²) in [5.41, 5.74) is 0.0208. The molecule has 1 heterocycles. The summed E-state index contributed by atoms with van der Waals surface area (Å²) >= 11 is 4.85. The van der Waals surface area contributed by atoms with Crippen molar-refractivity contribution in [3.05, 3.63) is 26.0 Å². The van der Waals surface area contributed by atoms with Gasteiger partial charge in [-0.15, -0.1) is 0 Å². The summed E-state index contributed by atoms with van der Waals surface area (Å²) in [6.07, 6.45) is -1.02. The SMILES string of the molecule is FC(F)c1cc(Br)ncc1I. The Labute approximate surface area is 84.5 Å². The number of nitrogens with zero attached hydrogens (tertiary/aromatic N) is 1. The van der Waals surface area contributed by atoms with Crippen LogP contribution in [0.4, 0.5) is 8.78 Å². The molecule has 0 bridgehead atoms. The van der Waals surface area contributed by atoms with Crippen LogP contribution in [0, 0.1) is 3.57 Å². The van der Waals surface area contributed by atoms with Gasteiger partial charge in [0.05, 0.1) is 0 Å². The van der Waals surface area contributed by atoms with Crippen LogP contribution in [0.2, 0.25) is 0 Å². The summed E-state index contributed by atoms with van der Waals surface area (Å²) in [6.45, 7) is 0. The first-order valence-corrected chi connectivity index (χ1v) is 4.57. The maximum atomic E-state index is 12.2. The Balaban J connectivity index is 3.13. The normalized spacial score (nSPS) is 10.6. The lowest BCUT2D eigenvalue weighted by atomic mass is 10.3. The molecule has 0 unspecified atom stereocenters. The second-order valence-electron chi connectivity index (χ2n) is 1.83. The van der Waals surface area contributed by atoms with Crippen molar-refractivity contribution in [3.63, 3.8) is 0 Å². The standard InChI is InChI=1S/C6H3BrF2IN/c7-5-1-3(6(8)9)4(10)2-11-5/h1-2,6H. The first-order chi connectivity index (χ1) is 5.11. The van der Waals surface area contributed by atoms with E-state index in [1.54, 1.807) is 0 Å². The third kappa shape index (κ3) is 2.33. The van der Waals surface area contributed by atoms with Crippen LogP contribution in [0.1, 0.15) is 12.0 Å². The van der Waals surface area contributed by atoms with Gasteiger partial charge in [-0.1, -0.05) is 0 Å². The second-order valence-corrected chi connectivity index (χ2v) is 3.80. The van der Waals surface area contributed by atoms with Crippen LogP contribution in [0.3, 0.4) is 0 Å². The predicted molar refractivity (Wildman–Crippen MR) is 49.6 cm³/mol. The van der Waals surface area contributed by atoms with E-state index in [-0.39, 0.29) is 5.56 Å². The summed E-state index contributed by atoms with van der Waals surface area (Å²) < 4.78 is 25.2. The lowest BCUT2D eigenvalue weighted by Crippen LogP contribution is -1.90. The first-order valence-electron chi connectivity index (χ1n) is 2.70. The van der Waals surface area contributed by atoms with Gasteiger partial charge in [-0.2, -0.15) is 0 Å². The highest BCUT2D eigenvalue weighted by Gasteiger charge is 2.11. The molecule has 0 aliphatic carbocycles. The lowest BCUT2D eigenvalue weighted by Gasteiger charge is -2.01. The van der Waals surface area contributed by atoms with Crippen molar-refractivity contribution in [2.75, 3.05) is 0 Å². The molecule has 0 fully saturated rings. The molecule has 0 amide bonds. The monoisotopic (exact) mass is 333 g/mol. The van der Waals surface area contributed by atoms with Gasteiger partial charge in [-0.25, -0.2) is 13.8 Å². The predicted octanol–water partition coefficient (Wildman–Crippen LogP) is 3.39. The molecule has 0 radical (unpaired) electrons. The van der Waals surface area contributed by atoms with E-state index >= 15 is 0 Å². The van der Waals surface area contributed by atoms with Crippen LogP contribution in [0.25, 0.3) is 0 Å². The van der Waals surface area contributed by atoms with Gasteiger partial charge >= 0.3 is 0 Å². The van der Waals surface area contributed by atoms with Crippen LogP contribution in [0.15, 0.2) is 16.9 Å². The molecule has 11 heavy (non-hydrogen) atoms. The zero-order valence-corrected chi connectivity index (χ0v) is 8.93. The van der Waals surface area contributed by atoms with Crippen molar-refractivity contribution in [3.8, 4) is 0 Å². The van der Waals surface area contributed by atoms with E-state index in [4.69, 9.17) is 0 Å². The van der Waals surface area contributed by atoms with E-state index < -0.39 is 6.43 Å². The van der Waals surface area contributed by atoms with Gasteiger partial charge in [0.25, 0.3) is 6.43 Å². The molecule has 1 nitrogen and oxygen atoms in total. The van der Waals surface area contributed by atoms with E-state index in [0.717, 1.165) is 0 Å². The topological polar surface area (TPSA) is 12.9 Å². The van der Waals surface area contributed by atoms with E-state index in [0.29, 0.717) is 8.17 Å². The van der Waals surface area contributed by atoms with Crippen LogP contribution < -0.4 is 0 Å². The van der Waals surface area contributed by atoms with Gasteiger partial charge < -0.3 is 0 Å². The van der Waals surface area contributed by atoms with Crippen molar-refractivity contribution in [2.24, 2.45) is 0 Å². The Morgan fingerprint density at radius 2 is 2.18 bits per heavy atom. The summed E-state index contributed by atoms with van der Waals surface area (Å²) in [6, 6.07) is 1.33. The third-order valence-corrected chi connectivity index (χ3v) is 2.42. The fourth-order valence-corrected chi connectivity index (χ4v) is 1.47.